The molecule has 18 heavy (non-hydrogen) atoms. The molecule has 0 atom stereocenters. The van der Waals surface area contributed by atoms with E-state index in [1.807, 2.05) is 0 Å². The maximum Gasteiger partial charge on any atom is 0.417 e. The van der Waals surface area contributed by atoms with Crippen molar-refractivity contribution < 1.29 is 18.0 Å². The molecule has 1 aromatic carbocycles. The number of rotatable bonds is 1. The highest BCUT2D eigenvalue weighted by atomic mass is 35.5. The number of carbonyl (C=O) groups excluding carboxylic acids is 1. The summed E-state index contributed by atoms with van der Waals surface area (Å²) in [6, 6.07) is 3.25. The first-order chi connectivity index (χ1) is 8.36. The number of halogens is 4. The lowest BCUT2D eigenvalue weighted by atomic mass is 10.2. The van der Waals surface area contributed by atoms with Crippen molar-refractivity contribution in [2.24, 2.45) is 4.99 Å². The number of nitrogens with one attached hydrogen (secondary N) is 1. The molecule has 1 heterocycles. The van der Waals surface area contributed by atoms with Crippen molar-refractivity contribution >= 4 is 28.9 Å². The van der Waals surface area contributed by atoms with Crippen LogP contribution in [0.25, 0.3) is 0 Å². The van der Waals surface area contributed by atoms with Gasteiger partial charge in [-0.25, -0.2) is 0 Å². The van der Waals surface area contributed by atoms with E-state index < -0.39 is 16.8 Å². The number of hydrogen-bond donors (Lipinski definition) is 1. The third-order valence-electron chi connectivity index (χ3n) is 2.40. The minimum Gasteiger partial charge on any atom is -0.350 e. The van der Waals surface area contributed by atoms with Crippen molar-refractivity contribution in [3.8, 4) is 0 Å². The van der Waals surface area contributed by atoms with Gasteiger partial charge in [-0.3, -0.25) is 9.79 Å². The van der Waals surface area contributed by atoms with Gasteiger partial charge < -0.3 is 5.32 Å². The van der Waals surface area contributed by atoms with Crippen LogP contribution in [0, 0.1) is 0 Å². The zero-order valence-electron chi connectivity index (χ0n) is 9.01. The van der Waals surface area contributed by atoms with Gasteiger partial charge in [0.25, 0.3) is 0 Å². The highest BCUT2D eigenvalue weighted by Crippen LogP contribution is 2.36. The molecule has 2 rings (SSSR count). The molecule has 1 aromatic rings. The summed E-state index contributed by atoms with van der Waals surface area (Å²) in [5.41, 5.74) is -0.0101. The van der Waals surface area contributed by atoms with Crippen LogP contribution in [0.15, 0.2) is 23.2 Å². The van der Waals surface area contributed by atoms with Crippen molar-refractivity contribution in [2.75, 3.05) is 6.54 Å². The topological polar surface area (TPSA) is 41.5 Å². The first-order valence-corrected chi connectivity index (χ1v) is 5.44. The molecule has 1 amide bonds. The number of benzene rings is 1. The Morgan fingerprint density at radius 3 is 2.56 bits per heavy atom. The summed E-state index contributed by atoms with van der Waals surface area (Å²) in [4.78, 5) is 15.0. The maximum atomic E-state index is 12.5. The van der Waals surface area contributed by atoms with E-state index in [9.17, 15) is 18.0 Å². The van der Waals surface area contributed by atoms with E-state index in [0.29, 0.717) is 17.9 Å². The summed E-state index contributed by atoms with van der Waals surface area (Å²) in [6.07, 6.45) is -4.31. The molecule has 3 nitrogen and oxygen atoms in total. The normalized spacial score (nSPS) is 18.2. The van der Waals surface area contributed by atoms with E-state index in [4.69, 9.17) is 11.6 Å². The Morgan fingerprint density at radius 2 is 2.06 bits per heavy atom. The zero-order chi connectivity index (χ0) is 13.3. The standard InChI is InChI=1S/C11H8ClF3N2O/c12-9-3-6(1-2-8(9)11(13,14)15)17-7-4-10(18)16-5-7/h1-3H,4-5H2,(H,16,18). The zero-order valence-corrected chi connectivity index (χ0v) is 9.77. The number of amides is 1. The maximum absolute atomic E-state index is 12.5. The molecule has 1 aliphatic heterocycles. The van der Waals surface area contributed by atoms with Crippen LogP contribution in [-0.4, -0.2) is 18.2 Å². The van der Waals surface area contributed by atoms with Crippen LogP contribution < -0.4 is 5.32 Å². The first kappa shape index (κ1) is 12.9. The van der Waals surface area contributed by atoms with E-state index in [1.165, 1.54) is 6.07 Å². The van der Waals surface area contributed by atoms with Crippen molar-refractivity contribution in [1.29, 1.82) is 0 Å². The number of nitrogens with zero attached hydrogens (tertiary/aromatic N) is 1. The van der Waals surface area contributed by atoms with Gasteiger partial charge in [0, 0.05) is 5.71 Å². The Balaban J connectivity index is 2.27. The molecule has 0 aromatic heterocycles. The molecule has 1 N–H and O–H groups in total. The first-order valence-electron chi connectivity index (χ1n) is 5.06. The second kappa shape index (κ2) is 4.61. The predicted molar refractivity (Wildman–Crippen MR) is 61.2 cm³/mol. The van der Waals surface area contributed by atoms with E-state index in [2.05, 4.69) is 10.3 Å². The quantitative estimate of drug-likeness (QED) is 0.842. The Kier molecular flexibility index (Phi) is 3.30. The highest BCUT2D eigenvalue weighted by molar-refractivity contribution is 6.31. The second-order valence-corrected chi connectivity index (χ2v) is 4.20. The molecule has 0 unspecified atom stereocenters. The summed E-state index contributed by atoms with van der Waals surface area (Å²) in [5.74, 6) is -0.147. The Morgan fingerprint density at radius 1 is 1.33 bits per heavy atom. The van der Waals surface area contributed by atoms with E-state index >= 15 is 0 Å². The van der Waals surface area contributed by atoms with Crippen molar-refractivity contribution in [1.82, 2.24) is 5.32 Å². The molecular formula is C11H8ClF3N2O. The molecule has 0 aliphatic carbocycles. The molecule has 0 saturated carbocycles. The molecule has 7 heteroatoms. The average molecular weight is 277 g/mol. The third kappa shape index (κ3) is 2.81. The molecular weight excluding hydrogens is 269 g/mol. The smallest absolute Gasteiger partial charge is 0.350 e. The van der Waals surface area contributed by atoms with Gasteiger partial charge in [-0.15, -0.1) is 0 Å². The lowest BCUT2D eigenvalue weighted by Crippen LogP contribution is -2.13. The SMILES string of the molecule is O=C1CC(=Nc2ccc(C(F)(F)F)c(Cl)c2)CN1. The third-order valence-corrected chi connectivity index (χ3v) is 2.71. The van der Waals surface area contributed by atoms with Crippen LogP contribution in [0.4, 0.5) is 18.9 Å². The number of hydrogen-bond acceptors (Lipinski definition) is 2. The fraction of sp³-hybridized carbons (Fsp3) is 0.273. The summed E-state index contributed by atoms with van der Waals surface area (Å²) in [7, 11) is 0. The Labute approximate surface area is 106 Å². The Hall–Kier alpha value is -1.56. The summed E-state index contributed by atoms with van der Waals surface area (Å²) >= 11 is 5.56. The van der Waals surface area contributed by atoms with Gasteiger partial charge in [0.2, 0.25) is 5.91 Å². The van der Waals surface area contributed by atoms with Crippen LogP contribution in [0.5, 0.6) is 0 Å². The van der Waals surface area contributed by atoms with Crippen LogP contribution in [0.2, 0.25) is 5.02 Å². The summed E-state index contributed by atoms with van der Waals surface area (Å²) in [5, 5.41) is 2.16. The fourth-order valence-corrected chi connectivity index (χ4v) is 1.86. The van der Waals surface area contributed by atoms with E-state index in [-0.39, 0.29) is 12.3 Å². The lowest BCUT2D eigenvalue weighted by Gasteiger charge is -2.08. The van der Waals surface area contributed by atoms with Gasteiger partial charge in [-0.1, -0.05) is 11.6 Å². The number of carbonyl (C=O) groups is 1. The van der Waals surface area contributed by atoms with Gasteiger partial charge in [-0.05, 0) is 18.2 Å². The van der Waals surface area contributed by atoms with E-state index in [0.717, 1.165) is 12.1 Å². The molecule has 0 spiro atoms. The molecule has 1 aliphatic rings. The molecule has 1 saturated heterocycles. The van der Waals surface area contributed by atoms with Gasteiger partial charge >= 0.3 is 6.18 Å². The van der Waals surface area contributed by atoms with Crippen LogP contribution in [0.3, 0.4) is 0 Å². The predicted octanol–water partition coefficient (Wildman–Crippen LogP) is 2.95. The molecule has 1 fully saturated rings. The second-order valence-electron chi connectivity index (χ2n) is 3.79. The van der Waals surface area contributed by atoms with Crippen LogP contribution in [-0.2, 0) is 11.0 Å². The number of aliphatic imine (C=N–C) groups is 1. The number of alkyl halides is 3. The summed E-state index contributed by atoms with van der Waals surface area (Å²) in [6.45, 7) is 0.317. The minimum absolute atomic E-state index is 0.147. The van der Waals surface area contributed by atoms with E-state index in [1.54, 1.807) is 0 Å². The van der Waals surface area contributed by atoms with Crippen molar-refractivity contribution in [3.63, 3.8) is 0 Å². The fourth-order valence-electron chi connectivity index (χ4n) is 1.58. The average Bonchev–Trinajstić information content (AvgIpc) is 2.62. The largest absolute Gasteiger partial charge is 0.417 e. The van der Waals surface area contributed by atoms with Crippen molar-refractivity contribution in [2.45, 2.75) is 12.6 Å². The Bertz CT molecular complexity index is 526. The molecule has 0 bridgehead atoms. The highest BCUT2D eigenvalue weighted by Gasteiger charge is 2.33. The minimum atomic E-state index is -4.48. The van der Waals surface area contributed by atoms with Gasteiger partial charge in [0.15, 0.2) is 0 Å². The molecule has 96 valence electrons. The van der Waals surface area contributed by atoms with Crippen molar-refractivity contribution in [3.05, 3.63) is 28.8 Å². The van der Waals surface area contributed by atoms with Gasteiger partial charge in [0.05, 0.1) is 29.2 Å². The van der Waals surface area contributed by atoms with Crippen LogP contribution in [0.1, 0.15) is 12.0 Å². The van der Waals surface area contributed by atoms with Gasteiger partial charge in [-0.2, -0.15) is 13.2 Å². The van der Waals surface area contributed by atoms with Crippen LogP contribution >= 0.6 is 11.6 Å². The summed E-state index contributed by atoms with van der Waals surface area (Å²) < 4.78 is 37.4. The molecule has 0 radical (unpaired) electrons. The monoisotopic (exact) mass is 276 g/mol. The lowest BCUT2D eigenvalue weighted by molar-refractivity contribution is -0.137. The van der Waals surface area contributed by atoms with Gasteiger partial charge in [0.1, 0.15) is 0 Å².